The van der Waals surface area contributed by atoms with E-state index in [1.54, 1.807) is 0 Å². The molecular formula is C15H24N2O2. The largest absolute Gasteiger partial charge is 0.396 e. The summed E-state index contributed by atoms with van der Waals surface area (Å²) in [7, 11) is 0. The Bertz CT molecular complexity index is 398. The van der Waals surface area contributed by atoms with Crippen molar-refractivity contribution in [3.05, 3.63) is 35.9 Å². The van der Waals surface area contributed by atoms with Crippen LogP contribution >= 0.6 is 0 Å². The molecular weight excluding hydrogens is 240 g/mol. The van der Waals surface area contributed by atoms with Crippen molar-refractivity contribution in [2.24, 2.45) is 11.1 Å². The third kappa shape index (κ3) is 4.65. The number of rotatable bonds is 5. The predicted octanol–water partition coefficient (Wildman–Crippen LogP) is 1.60. The van der Waals surface area contributed by atoms with Crippen LogP contribution in [0.2, 0.25) is 0 Å². The van der Waals surface area contributed by atoms with Gasteiger partial charge in [0.25, 0.3) is 0 Å². The number of nitrogens with one attached hydrogen (secondary N) is 1. The van der Waals surface area contributed by atoms with Crippen molar-refractivity contribution in [1.82, 2.24) is 5.32 Å². The average molecular weight is 264 g/mol. The molecule has 0 aliphatic carbocycles. The van der Waals surface area contributed by atoms with Gasteiger partial charge in [-0.1, -0.05) is 51.1 Å². The van der Waals surface area contributed by atoms with Crippen LogP contribution in [0.5, 0.6) is 0 Å². The highest BCUT2D eigenvalue weighted by Gasteiger charge is 2.27. The Morgan fingerprint density at radius 2 is 1.89 bits per heavy atom. The zero-order valence-electron chi connectivity index (χ0n) is 11.9. The number of amides is 1. The van der Waals surface area contributed by atoms with Crippen molar-refractivity contribution >= 4 is 5.91 Å². The molecule has 1 aromatic rings. The molecule has 1 rings (SSSR count). The molecule has 4 nitrogen and oxygen atoms in total. The minimum Gasteiger partial charge on any atom is -0.396 e. The highest BCUT2D eigenvalue weighted by molar-refractivity contribution is 5.83. The van der Waals surface area contributed by atoms with Crippen LogP contribution in [0.4, 0.5) is 0 Å². The Balaban J connectivity index is 2.72. The van der Waals surface area contributed by atoms with E-state index < -0.39 is 6.04 Å². The van der Waals surface area contributed by atoms with Crippen molar-refractivity contribution < 1.29 is 9.90 Å². The normalized spacial score (nSPS) is 14.8. The van der Waals surface area contributed by atoms with E-state index in [9.17, 15) is 4.79 Å². The Hall–Kier alpha value is -1.39. The summed E-state index contributed by atoms with van der Waals surface area (Å²) in [4.78, 5) is 12.2. The first-order valence-electron chi connectivity index (χ1n) is 6.58. The van der Waals surface area contributed by atoms with Gasteiger partial charge in [-0.2, -0.15) is 0 Å². The van der Waals surface area contributed by atoms with E-state index in [1.165, 1.54) is 0 Å². The average Bonchev–Trinajstić information content (AvgIpc) is 2.37. The van der Waals surface area contributed by atoms with E-state index in [1.807, 2.05) is 51.1 Å². The van der Waals surface area contributed by atoms with Crippen LogP contribution in [-0.2, 0) is 4.79 Å². The predicted molar refractivity (Wildman–Crippen MR) is 76.5 cm³/mol. The summed E-state index contributed by atoms with van der Waals surface area (Å²) in [6.45, 7) is 6.13. The van der Waals surface area contributed by atoms with Gasteiger partial charge in [0, 0.05) is 12.6 Å². The van der Waals surface area contributed by atoms with Crippen molar-refractivity contribution in [1.29, 1.82) is 0 Å². The molecule has 1 aromatic carbocycles. The fourth-order valence-electron chi connectivity index (χ4n) is 1.92. The molecule has 19 heavy (non-hydrogen) atoms. The maximum atomic E-state index is 12.2. The molecule has 1 unspecified atom stereocenters. The summed E-state index contributed by atoms with van der Waals surface area (Å²) in [5.74, 6) is -0.209. The maximum absolute atomic E-state index is 12.2. The number of benzene rings is 1. The second kappa shape index (κ2) is 6.68. The van der Waals surface area contributed by atoms with Crippen molar-refractivity contribution in [3.63, 3.8) is 0 Å². The van der Waals surface area contributed by atoms with Gasteiger partial charge in [0.15, 0.2) is 0 Å². The van der Waals surface area contributed by atoms with Crippen LogP contribution in [0.15, 0.2) is 30.3 Å². The highest BCUT2D eigenvalue weighted by atomic mass is 16.3. The number of aliphatic hydroxyl groups excluding tert-OH is 1. The molecule has 0 aliphatic heterocycles. The van der Waals surface area contributed by atoms with Gasteiger partial charge in [0.05, 0.1) is 0 Å². The van der Waals surface area contributed by atoms with Crippen LogP contribution in [0.3, 0.4) is 0 Å². The minimum absolute atomic E-state index is 0.0444. The summed E-state index contributed by atoms with van der Waals surface area (Å²) in [5, 5.41) is 12.0. The summed E-state index contributed by atoms with van der Waals surface area (Å²) in [6.07, 6.45) is 0.525. The van der Waals surface area contributed by atoms with Crippen LogP contribution in [0.1, 0.15) is 38.8 Å². The zero-order valence-corrected chi connectivity index (χ0v) is 11.9. The molecule has 1 amide bonds. The van der Waals surface area contributed by atoms with Crippen molar-refractivity contribution in [3.8, 4) is 0 Å². The van der Waals surface area contributed by atoms with Crippen LogP contribution in [-0.4, -0.2) is 23.7 Å². The van der Waals surface area contributed by atoms with Crippen LogP contribution in [0, 0.1) is 5.41 Å². The lowest BCUT2D eigenvalue weighted by Gasteiger charge is -2.32. The summed E-state index contributed by atoms with van der Waals surface area (Å²) < 4.78 is 0. The molecule has 4 heteroatoms. The Kier molecular flexibility index (Phi) is 5.51. The topological polar surface area (TPSA) is 75.3 Å². The van der Waals surface area contributed by atoms with E-state index in [-0.39, 0.29) is 24.0 Å². The van der Waals surface area contributed by atoms with E-state index in [0.717, 1.165) is 5.56 Å². The standard InChI is InChI=1S/C15H24N2O2/c1-15(2,3)12(9-10-18)17-14(19)13(16)11-7-5-4-6-8-11/h4-8,12-13,18H,9-10,16H2,1-3H3,(H,17,19)/t12?,13-/m1/s1. The number of carbonyl (C=O) groups is 1. The Morgan fingerprint density at radius 1 is 1.32 bits per heavy atom. The van der Waals surface area contributed by atoms with E-state index >= 15 is 0 Å². The molecule has 0 spiro atoms. The molecule has 0 aromatic heterocycles. The van der Waals surface area contributed by atoms with Gasteiger partial charge < -0.3 is 16.2 Å². The van der Waals surface area contributed by atoms with Gasteiger partial charge in [-0.25, -0.2) is 0 Å². The monoisotopic (exact) mass is 264 g/mol. The Morgan fingerprint density at radius 3 is 2.37 bits per heavy atom. The molecule has 0 bridgehead atoms. The zero-order chi connectivity index (χ0) is 14.5. The van der Waals surface area contributed by atoms with Gasteiger partial charge in [-0.3, -0.25) is 4.79 Å². The van der Waals surface area contributed by atoms with Gasteiger partial charge in [0.2, 0.25) is 5.91 Å². The first-order chi connectivity index (χ1) is 8.86. The third-order valence-electron chi connectivity index (χ3n) is 3.22. The fraction of sp³-hybridized carbons (Fsp3) is 0.533. The number of carbonyl (C=O) groups excluding carboxylic acids is 1. The molecule has 0 heterocycles. The van der Waals surface area contributed by atoms with Gasteiger partial charge in [0.1, 0.15) is 6.04 Å². The number of nitrogens with two attached hydrogens (primary N) is 1. The SMILES string of the molecule is CC(C)(C)C(CCO)NC(=O)[C@H](N)c1ccccc1. The number of aliphatic hydroxyl groups is 1. The Labute approximate surface area is 115 Å². The number of hydrogen-bond acceptors (Lipinski definition) is 3. The lowest BCUT2D eigenvalue weighted by molar-refractivity contribution is -0.124. The van der Waals surface area contributed by atoms with E-state index in [4.69, 9.17) is 10.8 Å². The van der Waals surface area contributed by atoms with Gasteiger partial charge in [-0.15, -0.1) is 0 Å². The molecule has 0 aliphatic rings. The van der Waals surface area contributed by atoms with Gasteiger partial charge in [-0.05, 0) is 17.4 Å². The minimum atomic E-state index is -0.676. The number of hydrogen-bond donors (Lipinski definition) is 3. The molecule has 0 saturated heterocycles. The summed E-state index contributed by atoms with van der Waals surface area (Å²) in [6, 6.07) is 8.50. The first-order valence-corrected chi connectivity index (χ1v) is 6.58. The quantitative estimate of drug-likeness (QED) is 0.756. The first kappa shape index (κ1) is 15.7. The van der Waals surface area contributed by atoms with E-state index in [2.05, 4.69) is 5.32 Å². The smallest absolute Gasteiger partial charge is 0.241 e. The molecule has 0 fully saturated rings. The van der Waals surface area contributed by atoms with Crippen molar-refractivity contribution in [2.75, 3.05) is 6.61 Å². The molecule has 0 radical (unpaired) electrons. The maximum Gasteiger partial charge on any atom is 0.241 e. The summed E-state index contributed by atoms with van der Waals surface area (Å²) >= 11 is 0. The molecule has 4 N–H and O–H groups in total. The molecule has 106 valence electrons. The van der Waals surface area contributed by atoms with Crippen LogP contribution < -0.4 is 11.1 Å². The second-order valence-corrected chi connectivity index (χ2v) is 5.83. The lowest BCUT2D eigenvalue weighted by Crippen LogP contribution is -2.47. The van der Waals surface area contributed by atoms with Gasteiger partial charge >= 0.3 is 0 Å². The van der Waals surface area contributed by atoms with E-state index in [0.29, 0.717) is 6.42 Å². The highest BCUT2D eigenvalue weighted by Crippen LogP contribution is 2.22. The fourth-order valence-corrected chi connectivity index (χ4v) is 1.92. The molecule has 0 saturated carbocycles. The summed E-state index contributed by atoms with van der Waals surface area (Å²) in [5.41, 5.74) is 6.62. The third-order valence-corrected chi connectivity index (χ3v) is 3.22. The van der Waals surface area contributed by atoms with Crippen molar-refractivity contribution in [2.45, 2.75) is 39.3 Å². The van der Waals surface area contributed by atoms with Crippen LogP contribution in [0.25, 0.3) is 0 Å². The second-order valence-electron chi connectivity index (χ2n) is 5.83. The molecule has 2 atom stereocenters. The lowest BCUT2D eigenvalue weighted by atomic mass is 9.84.